The van der Waals surface area contributed by atoms with Gasteiger partial charge in [0.15, 0.2) is 0 Å². The van der Waals surface area contributed by atoms with E-state index in [-0.39, 0.29) is 0 Å². The van der Waals surface area contributed by atoms with E-state index in [1.165, 1.54) is 0 Å². The molecule has 1 heterocycles. The van der Waals surface area contributed by atoms with Crippen molar-refractivity contribution in [3.8, 4) is 11.4 Å². The third-order valence-corrected chi connectivity index (χ3v) is 2.75. The van der Waals surface area contributed by atoms with E-state index in [0.717, 1.165) is 28.4 Å². The molecule has 0 saturated heterocycles. The molecule has 2 N–H and O–H groups in total. The highest BCUT2D eigenvalue weighted by atomic mass is 16.5. The zero-order chi connectivity index (χ0) is 12.4. The number of aryl methyl sites for hydroxylation is 1. The lowest BCUT2D eigenvalue weighted by molar-refractivity contribution is 0.411. The molecule has 0 saturated carbocycles. The van der Waals surface area contributed by atoms with Crippen molar-refractivity contribution >= 4 is 0 Å². The Hall–Kier alpha value is -1.88. The molecular weight excluding hydrogens is 216 g/mol. The highest BCUT2D eigenvalue weighted by Crippen LogP contribution is 2.24. The van der Waals surface area contributed by atoms with Gasteiger partial charge in [0.2, 0.25) is 0 Å². The number of benzene rings is 1. The zero-order valence-corrected chi connectivity index (χ0v) is 10.3. The summed E-state index contributed by atoms with van der Waals surface area (Å²) in [6, 6.07) is 5.94. The molecule has 1 aromatic heterocycles. The molecule has 0 amide bonds. The average molecular weight is 232 g/mol. The first kappa shape index (κ1) is 11.6. The zero-order valence-electron chi connectivity index (χ0n) is 10.3. The van der Waals surface area contributed by atoms with Crippen LogP contribution in [0.25, 0.3) is 5.69 Å². The van der Waals surface area contributed by atoms with Crippen LogP contribution in [-0.2, 0) is 6.54 Å². The largest absolute Gasteiger partial charge is 0.494 e. The van der Waals surface area contributed by atoms with Crippen LogP contribution in [-0.4, -0.2) is 22.1 Å². The minimum absolute atomic E-state index is 0.389. The Kier molecular flexibility index (Phi) is 3.10. The van der Waals surface area contributed by atoms with E-state index in [9.17, 15) is 0 Å². The maximum absolute atomic E-state index is 5.60. The second kappa shape index (κ2) is 4.55. The predicted octanol–water partition coefficient (Wildman–Crippen LogP) is 1.35. The predicted molar refractivity (Wildman–Crippen MR) is 65.3 cm³/mol. The minimum Gasteiger partial charge on any atom is -0.494 e. The van der Waals surface area contributed by atoms with E-state index in [4.69, 9.17) is 10.5 Å². The van der Waals surface area contributed by atoms with Gasteiger partial charge in [0.05, 0.1) is 18.5 Å². The Balaban J connectivity index is 2.58. The highest BCUT2D eigenvalue weighted by Gasteiger charge is 2.12. The Labute approximate surface area is 100 Å². The number of methoxy groups -OCH3 is 1. The monoisotopic (exact) mass is 232 g/mol. The Morgan fingerprint density at radius 1 is 1.35 bits per heavy atom. The molecule has 0 aliphatic carbocycles. The van der Waals surface area contributed by atoms with Crippen LogP contribution >= 0.6 is 0 Å². The smallest absolute Gasteiger partial charge is 0.144 e. The minimum atomic E-state index is 0.389. The molecule has 0 fully saturated rings. The van der Waals surface area contributed by atoms with Gasteiger partial charge in [-0.15, -0.1) is 5.10 Å². The highest BCUT2D eigenvalue weighted by molar-refractivity contribution is 5.49. The van der Waals surface area contributed by atoms with Gasteiger partial charge in [-0.05, 0) is 31.5 Å². The van der Waals surface area contributed by atoms with Crippen LogP contribution in [0.2, 0.25) is 0 Å². The van der Waals surface area contributed by atoms with Gasteiger partial charge in [0.1, 0.15) is 11.4 Å². The summed E-state index contributed by atoms with van der Waals surface area (Å²) in [5.74, 6) is 0.771. The van der Waals surface area contributed by atoms with E-state index in [1.54, 1.807) is 11.8 Å². The lowest BCUT2D eigenvalue weighted by atomic mass is 10.2. The van der Waals surface area contributed by atoms with E-state index in [0.29, 0.717) is 6.54 Å². The van der Waals surface area contributed by atoms with Crippen molar-refractivity contribution in [3.63, 3.8) is 0 Å². The third kappa shape index (κ3) is 2.01. The Morgan fingerprint density at radius 3 is 2.71 bits per heavy atom. The summed E-state index contributed by atoms with van der Waals surface area (Å²) in [5.41, 5.74) is 9.37. The first-order valence-electron chi connectivity index (χ1n) is 5.43. The molecule has 0 unspecified atom stereocenters. The standard InChI is InChI=1S/C12H16N4O/c1-8-4-5-12(17-3)11(6-8)16-9(2)10(7-13)14-15-16/h4-6H,7,13H2,1-3H3. The summed E-state index contributed by atoms with van der Waals surface area (Å²) < 4.78 is 7.09. The summed E-state index contributed by atoms with van der Waals surface area (Å²) in [6.07, 6.45) is 0. The van der Waals surface area contributed by atoms with Crippen molar-refractivity contribution in [1.29, 1.82) is 0 Å². The SMILES string of the molecule is COc1ccc(C)cc1-n1nnc(CN)c1C. The first-order chi connectivity index (χ1) is 8.17. The second-order valence-electron chi connectivity index (χ2n) is 3.91. The van der Waals surface area contributed by atoms with Gasteiger partial charge in [-0.2, -0.15) is 0 Å². The molecule has 0 atom stereocenters. The van der Waals surface area contributed by atoms with Crippen LogP contribution in [0.3, 0.4) is 0 Å². The second-order valence-corrected chi connectivity index (χ2v) is 3.91. The summed E-state index contributed by atoms with van der Waals surface area (Å²) in [4.78, 5) is 0. The third-order valence-electron chi connectivity index (χ3n) is 2.75. The van der Waals surface area contributed by atoms with Gasteiger partial charge in [-0.25, -0.2) is 4.68 Å². The number of rotatable bonds is 3. The lowest BCUT2D eigenvalue weighted by Crippen LogP contribution is -2.04. The number of aromatic nitrogens is 3. The molecule has 5 heteroatoms. The molecule has 2 rings (SSSR count). The van der Waals surface area contributed by atoms with Crippen LogP contribution in [0.15, 0.2) is 18.2 Å². The van der Waals surface area contributed by atoms with Crippen LogP contribution < -0.4 is 10.5 Å². The lowest BCUT2D eigenvalue weighted by Gasteiger charge is -2.10. The molecule has 2 aromatic rings. The summed E-state index contributed by atoms with van der Waals surface area (Å²) >= 11 is 0. The molecule has 17 heavy (non-hydrogen) atoms. The first-order valence-corrected chi connectivity index (χ1v) is 5.43. The Bertz CT molecular complexity index is 533. The number of nitrogens with two attached hydrogens (primary N) is 1. The van der Waals surface area contributed by atoms with Crippen molar-refractivity contribution in [2.24, 2.45) is 5.73 Å². The van der Waals surface area contributed by atoms with Crippen LogP contribution in [0.4, 0.5) is 0 Å². The van der Waals surface area contributed by atoms with E-state index >= 15 is 0 Å². The average Bonchev–Trinajstić information content (AvgIpc) is 2.70. The maximum Gasteiger partial charge on any atom is 0.144 e. The fraction of sp³-hybridized carbons (Fsp3) is 0.333. The van der Waals surface area contributed by atoms with E-state index in [2.05, 4.69) is 10.3 Å². The maximum atomic E-state index is 5.60. The number of hydrogen-bond acceptors (Lipinski definition) is 4. The molecule has 0 radical (unpaired) electrons. The summed E-state index contributed by atoms with van der Waals surface area (Å²) in [7, 11) is 1.64. The number of ether oxygens (including phenoxy) is 1. The van der Waals surface area contributed by atoms with E-state index in [1.807, 2.05) is 32.0 Å². The normalized spacial score (nSPS) is 10.6. The van der Waals surface area contributed by atoms with Gasteiger partial charge < -0.3 is 10.5 Å². The van der Waals surface area contributed by atoms with Crippen LogP contribution in [0.5, 0.6) is 5.75 Å². The molecule has 0 spiro atoms. The van der Waals surface area contributed by atoms with E-state index < -0.39 is 0 Å². The summed E-state index contributed by atoms with van der Waals surface area (Å²) in [6.45, 7) is 4.36. The fourth-order valence-corrected chi connectivity index (χ4v) is 1.74. The van der Waals surface area contributed by atoms with Crippen molar-refractivity contribution < 1.29 is 4.74 Å². The fourth-order valence-electron chi connectivity index (χ4n) is 1.74. The Morgan fingerprint density at radius 2 is 2.12 bits per heavy atom. The molecule has 5 nitrogen and oxygen atoms in total. The van der Waals surface area contributed by atoms with Crippen molar-refractivity contribution in [2.75, 3.05) is 7.11 Å². The van der Waals surface area contributed by atoms with Crippen LogP contribution in [0, 0.1) is 13.8 Å². The topological polar surface area (TPSA) is 66.0 Å². The van der Waals surface area contributed by atoms with Gasteiger partial charge in [0, 0.05) is 6.54 Å². The molecule has 0 aliphatic rings. The van der Waals surface area contributed by atoms with Crippen molar-refractivity contribution in [1.82, 2.24) is 15.0 Å². The quantitative estimate of drug-likeness (QED) is 0.867. The molecule has 1 aromatic carbocycles. The molecule has 0 aliphatic heterocycles. The van der Waals surface area contributed by atoms with Crippen molar-refractivity contribution in [3.05, 3.63) is 35.2 Å². The van der Waals surface area contributed by atoms with Gasteiger partial charge in [-0.3, -0.25) is 0 Å². The van der Waals surface area contributed by atoms with Crippen LogP contribution in [0.1, 0.15) is 17.0 Å². The summed E-state index contributed by atoms with van der Waals surface area (Å²) in [5, 5.41) is 8.16. The van der Waals surface area contributed by atoms with Gasteiger partial charge >= 0.3 is 0 Å². The van der Waals surface area contributed by atoms with Gasteiger partial charge in [-0.1, -0.05) is 11.3 Å². The number of hydrogen-bond donors (Lipinski definition) is 1. The van der Waals surface area contributed by atoms with Crippen molar-refractivity contribution in [2.45, 2.75) is 20.4 Å². The molecule has 90 valence electrons. The number of nitrogens with zero attached hydrogens (tertiary/aromatic N) is 3. The molecule has 0 bridgehead atoms. The molecular formula is C12H16N4O. The van der Waals surface area contributed by atoms with Gasteiger partial charge in [0.25, 0.3) is 0 Å².